The molecule has 0 aromatic rings. The number of carbonyl (C=O) groups excluding carboxylic acids is 1. The molecule has 0 bridgehead atoms. The maximum atomic E-state index is 12.7. The van der Waals surface area contributed by atoms with Gasteiger partial charge in [0.1, 0.15) is 6.10 Å². The molecule has 3 fully saturated rings. The molecule has 1 spiro atoms. The van der Waals surface area contributed by atoms with E-state index in [9.17, 15) is 4.79 Å². The second kappa shape index (κ2) is 6.85. The molecule has 2 unspecified atom stereocenters. The number of hydrogen-bond donors (Lipinski definition) is 0. The van der Waals surface area contributed by atoms with Crippen molar-refractivity contribution in [1.82, 2.24) is 14.7 Å². The molecule has 0 radical (unpaired) electrons. The minimum atomic E-state index is -0.160. The van der Waals surface area contributed by atoms with Gasteiger partial charge < -0.3 is 14.5 Å². The fourth-order valence-corrected chi connectivity index (χ4v) is 4.40. The smallest absolute Gasteiger partial charge is 0.251 e. The van der Waals surface area contributed by atoms with E-state index >= 15 is 0 Å². The number of ether oxygens (including phenoxy) is 1. The molecule has 0 N–H and O–H groups in total. The molecule has 2 atom stereocenters. The van der Waals surface area contributed by atoms with E-state index in [4.69, 9.17) is 4.74 Å². The summed E-state index contributed by atoms with van der Waals surface area (Å²) in [5, 5.41) is 0. The average Bonchev–Trinajstić information content (AvgIpc) is 3.15. The van der Waals surface area contributed by atoms with Crippen molar-refractivity contribution in [2.45, 2.75) is 50.2 Å². The van der Waals surface area contributed by atoms with E-state index in [1.807, 2.05) is 0 Å². The molecule has 3 aliphatic rings. The molecular weight excluding hydrogens is 278 g/mol. The van der Waals surface area contributed by atoms with Crippen LogP contribution in [0.4, 0.5) is 0 Å². The van der Waals surface area contributed by atoms with Crippen LogP contribution in [0.15, 0.2) is 0 Å². The summed E-state index contributed by atoms with van der Waals surface area (Å²) in [6, 6.07) is 0. The Hall–Kier alpha value is -0.650. The number of nitrogens with zero attached hydrogens (tertiary/aromatic N) is 3. The maximum Gasteiger partial charge on any atom is 0.251 e. The van der Waals surface area contributed by atoms with Crippen LogP contribution in [-0.2, 0) is 9.53 Å². The van der Waals surface area contributed by atoms with Crippen molar-refractivity contribution < 1.29 is 9.53 Å². The Morgan fingerprint density at radius 3 is 2.68 bits per heavy atom. The Morgan fingerprint density at radius 2 is 2.00 bits per heavy atom. The Balaban J connectivity index is 1.64. The molecule has 5 heteroatoms. The molecule has 0 saturated carbocycles. The second-order valence-electron chi connectivity index (χ2n) is 7.48. The van der Waals surface area contributed by atoms with Crippen LogP contribution in [0.25, 0.3) is 0 Å². The van der Waals surface area contributed by atoms with Crippen LogP contribution in [0.2, 0.25) is 0 Å². The zero-order valence-corrected chi connectivity index (χ0v) is 14.2. The van der Waals surface area contributed by atoms with E-state index < -0.39 is 0 Å². The lowest BCUT2D eigenvalue weighted by atomic mass is 9.86. The Bertz CT molecular complexity index is 395. The van der Waals surface area contributed by atoms with E-state index in [1.54, 1.807) is 0 Å². The largest absolute Gasteiger partial charge is 0.368 e. The number of amides is 1. The molecule has 0 aromatic carbocycles. The third-order valence-electron chi connectivity index (χ3n) is 5.63. The highest BCUT2D eigenvalue weighted by Gasteiger charge is 2.45. The lowest BCUT2D eigenvalue weighted by Crippen LogP contribution is -2.59. The van der Waals surface area contributed by atoms with Crippen LogP contribution in [0, 0.1) is 0 Å². The number of carbonyl (C=O) groups is 1. The van der Waals surface area contributed by atoms with Gasteiger partial charge in [0.15, 0.2) is 0 Å². The van der Waals surface area contributed by atoms with Gasteiger partial charge in [-0.25, -0.2) is 0 Å². The highest BCUT2D eigenvalue weighted by molar-refractivity contribution is 5.81. The third-order valence-corrected chi connectivity index (χ3v) is 5.63. The quantitative estimate of drug-likeness (QED) is 0.781. The summed E-state index contributed by atoms with van der Waals surface area (Å²) in [5.74, 6) is 0.246. The van der Waals surface area contributed by atoms with Gasteiger partial charge in [0.05, 0.1) is 0 Å². The normalized spacial score (nSPS) is 33.2. The third kappa shape index (κ3) is 3.31. The van der Waals surface area contributed by atoms with Crippen LogP contribution in [-0.4, -0.2) is 85.7 Å². The van der Waals surface area contributed by atoms with Crippen LogP contribution < -0.4 is 0 Å². The molecule has 3 aliphatic heterocycles. The zero-order valence-electron chi connectivity index (χ0n) is 14.2. The van der Waals surface area contributed by atoms with Crippen LogP contribution in [0.5, 0.6) is 0 Å². The first-order valence-corrected chi connectivity index (χ1v) is 8.91. The van der Waals surface area contributed by atoms with Crippen molar-refractivity contribution >= 4 is 5.91 Å². The van der Waals surface area contributed by atoms with Gasteiger partial charge in [-0.15, -0.1) is 0 Å². The molecule has 3 saturated heterocycles. The van der Waals surface area contributed by atoms with Crippen LogP contribution in [0.3, 0.4) is 0 Å². The summed E-state index contributed by atoms with van der Waals surface area (Å²) in [6.45, 7) is 6.00. The monoisotopic (exact) mass is 309 g/mol. The van der Waals surface area contributed by atoms with Crippen molar-refractivity contribution in [3.8, 4) is 0 Å². The summed E-state index contributed by atoms with van der Waals surface area (Å²) in [6.07, 6.45) is 6.68. The number of likely N-dealkylation sites (N-methyl/N-ethyl adjacent to an activating group) is 1. The van der Waals surface area contributed by atoms with E-state index in [0.717, 1.165) is 52.0 Å². The first kappa shape index (κ1) is 16.2. The molecule has 3 rings (SSSR count). The lowest BCUT2D eigenvalue weighted by Gasteiger charge is -2.46. The van der Waals surface area contributed by atoms with Gasteiger partial charge in [-0.05, 0) is 59.2 Å². The zero-order chi connectivity index (χ0) is 15.6. The first-order chi connectivity index (χ1) is 10.6. The van der Waals surface area contributed by atoms with Gasteiger partial charge >= 0.3 is 0 Å². The minimum Gasteiger partial charge on any atom is -0.368 e. The van der Waals surface area contributed by atoms with Gasteiger partial charge in [-0.1, -0.05) is 0 Å². The van der Waals surface area contributed by atoms with E-state index in [1.165, 1.54) is 25.8 Å². The summed E-state index contributed by atoms with van der Waals surface area (Å²) in [4.78, 5) is 19.7. The predicted octanol–water partition coefficient (Wildman–Crippen LogP) is 1.18. The number of likely N-dealkylation sites (tertiary alicyclic amines) is 2. The molecule has 0 aliphatic carbocycles. The highest BCUT2D eigenvalue weighted by atomic mass is 16.5. The van der Waals surface area contributed by atoms with Crippen molar-refractivity contribution in [3.05, 3.63) is 0 Å². The van der Waals surface area contributed by atoms with E-state index in [2.05, 4.69) is 28.8 Å². The minimum absolute atomic E-state index is 0.160. The fourth-order valence-electron chi connectivity index (χ4n) is 4.40. The van der Waals surface area contributed by atoms with Gasteiger partial charge in [0.2, 0.25) is 0 Å². The molecule has 1 amide bonds. The van der Waals surface area contributed by atoms with E-state index in [0.29, 0.717) is 0 Å². The Morgan fingerprint density at radius 1 is 1.23 bits per heavy atom. The average molecular weight is 309 g/mol. The van der Waals surface area contributed by atoms with Crippen molar-refractivity contribution in [2.24, 2.45) is 0 Å². The van der Waals surface area contributed by atoms with Crippen LogP contribution >= 0.6 is 0 Å². The fraction of sp³-hybridized carbons (Fsp3) is 0.941. The molecule has 0 aromatic heterocycles. The van der Waals surface area contributed by atoms with Gasteiger partial charge in [0, 0.05) is 38.3 Å². The Labute approximate surface area is 134 Å². The summed E-state index contributed by atoms with van der Waals surface area (Å²) < 4.78 is 5.61. The first-order valence-electron chi connectivity index (χ1n) is 8.91. The molecule has 22 heavy (non-hydrogen) atoms. The van der Waals surface area contributed by atoms with Crippen molar-refractivity contribution in [2.75, 3.05) is 53.4 Å². The predicted molar refractivity (Wildman–Crippen MR) is 86.9 cm³/mol. The molecular formula is C17H31N3O2. The summed E-state index contributed by atoms with van der Waals surface area (Å²) in [5.41, 5.74) is 0.239. The van der Waals surface area contributed by atoms with Gasteiger partial charge in [-0.2, -0.15) is 0 Å². The van der Waals surface area contributed by atoms with Crippen molar-refractivity contribution in [3.63, 3.8) is 0 Å². The second-order valence-corrected chi connectivity index (χ2v) is 7.48. The maximum absolute atomic E-state index is 12.7. The molecule has 5 nitrogen and oxygen atoms in total. The van der Waals surface area contributed by atoms with Crippen LogP contribution in [0.1, 0.15) is 38.5 Å². The highest BCUT2D eigenvalue weighted by Crippen LogP contribution is 2.37. The standard InChI is InChI=1S/C17H31N3O2/c1-18(2)11-12-20-10-5-8-17(20)7-4-9-19(14-17)16(21)15-6-3-13-22-15/h15H,3-14H2,1-2H3. The number of hydrogen-bond acceptors (Lipinski definition) is 4. The molecule has 3 heterocycles. The lowest BCUT2D eigenvalue weighted by molar-refractivity contribution is -0.144. The summed E-state index contributed by atoms with van der Waals surface area (Å²) >= 11 is 0. The van der Waals surface area contributed by atoms with E-state index in [-0.39, 0.29) is 17.6 Å². The van der Waals surface area contributed by atoms with Gasteiger partial charge in [-0.3, -0.25) is 9.69 Å². The molecule has 126 valence electrons. The Kier molecular flexibility index (Phi) is 5.05. The topological polar surface area (TPSA) is 36.0 Å². The van der Waals surface area contributed by atoms with Crippen molar-refractivity contribution in [1.29, 1.82) is 0 Å². The number of rotatable bonds is 4. The van der Waals surface area contributed by atoms with Gasteiger partial charge in [0.25, 0.3) is 5.91 Å². The SMILES string of the molecule is CN(C)CCN1CCCC12CCCN(C(=O)C1CCCO1)C2. The summed E-state index contributed by atoms with van der Waals surface area (Å²) in [7, 11) is 4.27. The number of piperidine rings is 1.